The van der Waals surface area contributed by atoms with Crippen molar-refractivity contribution < 1.29 is 24.2 Å². The number of carbonyl (C=O) groups excluding carboxylic acids is 2. The molecule has 0 spiro atoms. The van der Waals surface area contributed by atoms with E-state index in [0.717, 1.165) is 64.4 Å². The fourth-order valence-corrected chi connectivity index (χ4v) is 2.35. The number of hydrogen-bond acceptors (Lipinski definition) is 4. The Labute approximate surface area is 150 Å². The highest BCUT2D eigenvalue weighted by molar-refractivity contribution is 6.31. The molecule has 0 fully saturated rings. The van der Waals surface area contributed by atoms with Gasteiger partial charge in [-0.05, 0) is 19.3 Å². The second kappa shape index (κ2) is 17.2. The molecular weight excluding hydrogens is 324 g/mol. The zero-order valence-corrected chi connectivity index (χ0v) is 15.5. The summed E-state index contributed by atoms with van der Waals surface area (Å²) in [6.07, 6.45) is 9.85. The van der Waals surface area contributed by atoms with Gasteiger partial charge in [-0.15, -0.1) is 0 Å². The maximum absolute atomic E-state index is 11.6. The average Bonchev–Trinajstić information content (AvgIpc) is 2.59. The van der Waals surface area contributed by atoms with Crippen molar-refractivity contribution in [2.45, 2.75) is 71.1 Å². The first-order chi connectivity index (χ1) is 12.1. The molecule has 7 heteroatoms. The van der Waals surface area contributed by atoms with E-state index < -0.39 is 11.9 Å². The van der Waals surface area contributed by atoms with E-state index in [9.17, 15) is 14.4 Å². The second-order valence-corrected chi connectivity index (χ2v) is 6.10. The Morgan fingerprint density at radius 3 is 2.00 bits per heavy atom. The van der Waals surface area contributed by atoms with Crippen LogP contribution in [0.2, 0.25) is 0 Å². The van der Waals surface area contributed by atoms with Crippen molar-refractivity contribution in [3.8, 4) is 0 Å². The number of carboxylic acids is 1. The van der Waals surface area contributed by atoms with Crippen molar-refractivity contribution in [2.75, 3.05) is 26.3 Å². The van der Waals surface area contributed by atoms with Gasteiger partial charge < -0.3 is 20.5 Å². The predicted molar refractivity (Wildman–Crippen MR) is 96.3 cm³/mol. The lowest BCUT2D eigenvalue weighted by Gasteiger charge is -2.06. The number of nitrogens with one attached hydrogen (secondary N) is 2. The minimum atomic E-state index is -1.43. The normalized spacial score (nSPS) is 10.4. The lowest BCUT2D eigenvalue weighted by atomic mass is 10.1. The maximum atomic E-state index is 11.6. The molecule has 0 rings (SSSR count). The fraction of sp³-hybridized carbons (Fsp3) is 0.833. The average molecular weight is 358 g/mol. The van der Waals surface area contributed by atoms with E-state index in [1.807, 2.05) is 0 Å². The Hall–Kier alpha value is -1.63. The molecule has 0 saturated carbocycles. The monoisotopic (exact) mass is 358 g/mol. The third kappa shape index (κ3) is 17.0. The van der Waals surface area contributed by atoms with Gasteiger partial charge in [0.05, 0.1) is 6.61 Å². The van der Waals surface area contributed by atoms with Crippen LogP contribution in [0.15, 0.2) is 0 Å². The molecule has 7 nitrogen and oxygen atoms in total. The second-order valence-electron chi connectivity index (χ2n) is 6.10. The molecule has 0 aliphatic heterocycles. The summed E-state index contributed by atoms with van der Waals surface area (Å²) >= 11 is 0. The van der Waals surface area contributed by atoms with Gasteiger partial charge in [-0.2, -0.15) is 0 Å². The quantitative estimate of drug-likeness (QED) is 0.290. The Morgan fingerprint density at radius 2 is 1.40 bits per heavy atom. The molecule has 0 heterocycles. The maximum Gasteiger partial charge on any atom is 0.394 e. The van der Waals surface area contributed by atoms with E-state index in [1.54, 1.807) is 0 Å². The van der Waals surface area contributed by atoms with Gasteiger partial charge in [-0.25, -0.2) is 4.79 Å². The van der Waals surface area contributed by atoms with E-state index in [1.165, 1.54) is 0 Å². The molecule has 3 N–H and O–H groups in total. The van der Waals surface area contributed by atoms with Crippen molar-refractivity contribution in [3.63, 3.8) is 0 Å². The van der Waals surface area contributed by atoms with Crippen LogP contribution in [0, 0.1) is 0 Å². The van der Waals surface area contributed by atoms with Gasteiger partial charge in [-0.3, -0.25) is 9.59 Å². The summed E-state index contributed by atoms with van der Waals surface area (Å²) in [6.45, 7) is 4.39. The summed E-state index contributed by atoms with van der Waals surface area (Å²) in [4.78, 5) is 32.6. The molecule has 0 bridgehead atoms. The number of rotatable bonds is 16. The van der Waals surface area contributed by atoms with Crippen molar-refractivity contribution in [3.05, 3.63) is 0 Å². The Bertz CT molecular complexity index is 374. The van der Waals surface area contributed by atoms with E-state index in [-0.39, 0.29) is 5.91 Å². The van der Waals surface area contributed by atoms with Crippen LogP contribution in [0.5, 0.6) is 0 Å². The van der Waals surface area contributed by atoms with Gasteiger partial charge in [0.15, 0.2) is 0 Å². The molecule has 146 valence electrons. The number of unbranched alkanes of at least 4 members (excludes halogenated alkanes) is 7. The van der Waals surface area contributed by atoms with E-state index in [2.05, 4.69) is 17.6 Å². The Morgan fingerprint density at radius 1 is 0.800 bits per heavy atom. The van der Waals surface area contributed by atoms with Crippen LogP contribution in [0.3, 0.4) is 0 Å². The Balaban J connectivity index is 3.21. The first kappa shape index (κ1) is 23.4. The lowest BCUT2D eigenvalue weighted by molar-refractivity contribution is -0.150. The van der Waals surface area contributed by atoms with Crippen LogP contribution in [0.4, 0.5) is 0 Å². The molecule has 0 aromatic carbocycles. The number of amides is 2. The molecule has 25 heavy (non-hydrogen) atoms. The number of carboxylic acid groups (broad SMARTS) is 1. The van der Waals surface area contributed by atoms with Gasteiger partial charge >= 0.3 is 11.9 Å². The zero-order valence-electron chi connectivity index (χ0n) is 15.5. The lowest BCUT2D eigenvalue weighted by Crippen LogP contribution is -2.31. The topological polar surface area (TPSA) is 105 Å². The zero-order chi connectivity index (χ0) is 18.8. The summed E-state index contributed by atoms with van der Waals surface area (Å²) < 4.78 is 5.30. The molecule has 0 aromatic heterocycles. The highest BCUT2D eigenvalue weighted by Gasteiger charge is 2.08. The first-order valence-electron chi connectivity index (χ1n) is 9.43. The fourth-order valence-electron chi connectivity index (χ4n) is 2.35. The summed E-state index contributed by atoms with van der Waals surface area (Å²) in [5, 5.41) is 13.6. The molecule has 0 aromatic rings. The minimum Gasteiger partial charge on any atom is -0.474 e. The van der Waals surface area contributed by atoms with Crippen molar-refractivity contribution in [2.24, 2.45) is 0 Å². The summed E-state index contributed by atoms with van der Waals surface area (Å²) in [5.41, 5.74) is 0. The number of hydrogen-bond donors (Lipinski definition) is 3. The Kier molecular flexibility index (Phi) is 16.1. The van der Waals surface area contributed by atoms with Gasteiger partial charge in [0.2, 0.25) is 5.91 Å². The van der Waals surface area contributed by atoms with Crippen LogP contribution in [0.1, 0.15) is 71.1 Å². The molecule has 0 saturated heterocycles. The third-order valence-corrected chi connectivity index (χ3v) is 3.73. The summed E-state index contributed by atoms with van der Waals surface area (Å²) in [6, 6.07) is 0. The predicted octanol–water partition coefficient (Wildman–Crippen LogP) is 2.24. The number of ether oxygens (including phenoxy) is 1. The van der Waals surface area contributed by atoms with Crippen LogP contribution in [0.25, 0.3) is 0 Å². The molecule has 0 aliphatic rings. The molecule has 0 aliphatic carbocycles. The van der Waals surface area contributed by atoms with Crippen LogP contribution < -0.4 is 10.6 Å². The van der Waals surface area contributed by atoms with Gasteiger partial charge in [0, 0.05) is 26.1 Å². The SMILES string of the molecule is CCCOCCNC(=O)CCCCCCCCCCNC(=O)C(=O)O. The smallest absolute Gasteiger partial charge is 0.394 e. The summed E-state index contributed by atoms with van der Waals surface area (Å²) in [7, 11) is 0. The van der Waals surface area contributed by atoms with Crippen molar-refractivity contribution >= 4 is 17.8 Å². The standard InChI is InChI=1S/C18H34N2O5/c1-2-14-25-15-13-19-16(21)11-9-7-5-3-4-6-8-10-12-20-17(22)18(23)24/h2-15H2,1H3,(H,19,21)(H,20,22)(H,23,24). The molecule has 0 atom stereocenters. The van der Waals surface area contributed by atoms with E-state index >= 15 is 0 Å². The van der Waals surface area contributed by atoms with Crippen molar-refractivity contribution in [1.82, 2.24) is 10.6 Å². The third-order valence-electron chi connectivity index (χ3n) is 3.73. The van der Waals surface area contributed by atoms with E-state index in [0.29, 0.717) is 26.1 Å². The van der Waals surface area contributed by atoms with Crippen LogP contribution in [-0.4, -0.2) is 49.2 Å². The molecule has 0 radical (unpaired) electrons. The number of aliphatic carboxylic acids is 1. The summed E-state index contributed by atoms with van der Waals surface area (Å²) in [5.74, 6) is -2.26. The molecular formula is C18H34N2O5. The highest BCUT2D eigenvalue weighted by atomic mass is 16.5. The highest BCUT2D eigenvalue weighted by Crippen LogP contribution is 2.09. The molecule has 2 amide bonds. The largest absolute Gasteiger partial charge is 0.474 e. The molecule has 0 unspecified atom stereocenters. The van der Waals surface area contributed by atoms with Crippen molar-refractivity contribution in [1.29, 1.82) is 0 Å². The van der Waals surface area contributed by atoms with E-state index in [4.69, 9.17) is 9.84 Å². The van der Waals surface area contributed by atoms with Crippen LogP contribution in [-0.2, 0) is 19.1 Å². The van der Waals surface area contributed by atoms with Gasteiger partial charge in [0.25, 0.3) is 0 Å². The minimum absolute atomic E-state index is 0.100. The van der Waals surface area contributed by atoms with Gasteiger partial charge in [0.1, 0.15) is 0 Å². The number of carbonyl (C=O) groups is 3. The first-order valence-corrected chi connectivity index (χ1v) is 9.43. The van der Waals surface area contributed by atoms with Gasteiger partial charge in [-0.1, -0.05) is 45.4 Å². The van der Waals surface area contributed by atoms with Crippen LogP contribution >= 0.6 is 0 Å².